The van der Waals surface area contributed by atoms with Crippen LogP contribution in [0.5, 0.6) is 5.75 Å². The predicted octanol–water partition coefficient (Wildman–Crippen LogP) is 3.17. The molecular weight excluding hydrogens is 282 g/mol. The first kappa shape index (κ1) is 13.4. The molecule has 21 heavy (non-hydrogen) atoms. The third-order valence-corrected chi connectivity index (χ3v) is 3.76. The SMILES string of the molecule is Cc1nc2c(O)cc(C#CCNc3ccccn3)cc2s1. The molecule has 4 nitrogen and oxygen atoms in total. The minimum absolute atomic E-state index is 0.179. The quantitative estimate of drug-likeness (QED) is 0.713. The summed E-state index contributed by atoms with van der Waals surface area (Å²) in [7, 11) is 0. The minimum Gasteiger partial charge on any atom is -0.506 e. The molecule has 2 aromatic heterocycles. The van der Waals surface area contributed by atoms with Crippen LogP contribution in [0.25, 0.3) is 10.2 Å². The van der Waals surface area contributed by atoms with Crippen LogP contribution in [0.4, 0.5) is 5.82 Å². The van der Waals surface area contributed by atoms with Crippen LogP contribution in [0, 0.1) is 18.8 Å². The summed E-state index contributed by atoms with van der Waals surface area (Å²) in [6.45, 7) is 2.42. The highest BCUT2D eigenvalue weighted by Crippen LogP contribution is 2.29. The van der Waals surface area contributed by atoms with Crippen molar-refractivity contribution in [3.05, 3.63) is 47.1 Å². The third kappa shape index (κ3) is 3.12. The fraction of sp³-hybridized carbons (Fsp3) is 0.125. The lowest BCUT2D eigenvalue weighted by Crippen LogP contribution is -1.99. The summed E-state index contributed by atoms with van der Waals surface area (Å²) >= 11 is 1.55. The molecule has 0 bridgehead atoms. The molecule has 3 aromatic rings. The number of nitrogens with zero attached hydrogens (tertiary/aromatic N) is 2. The number of fused-ring (bicyclic) bond motifs is 1. The fourth-order valence-electron chi connectivity index (χ4n) is 1.94. The first-order valence-electron chi connectivity index (χ1n) is 6.46. The van der Waals surface area contributed by atoms with Crippen LogP contribution in [0.1, 0.15) is 10.6 Å². The topological polar surface area (TPSA) is 58.0 Å². The van der Waals surface area contributed by atoms with Crippen molar-refractivity contribution in [2.45, 2.75) is 6.92 Å². The summed E-state index contributed by atoms with van der Waals surface area (Å²) in [5.41, 5.74) is 1.43. The Morgan fingerprint density at radius 3 is 3.05 bits per heavy atom. The second-order valence-electron chi connectivity index (χ2n) is 4.45. The van der Waals surface area contributed by atoms with Crippen LogP contribution >= 0.6 is 11.3 Å². The summed E-state index contributed by atoms with van der Waals surface area (Å²) in [6.07, 6.45) is 1.73. The Morgan fingerprint density at radius 1 is 1.33 bits per heavy atom. The molecule has 5 heteroatoms. The Labute approximate surface area is 126 Å². The zero-order chi connectivity index (χ0) is 14.7. The van der Waals surface area contributed by atoms with Gasteiger partial charge in [0.2, 0.25) is 0 Å². The van der Waals surface area contributed by atoms with Crippen LogP contribution < -0.4 is 5.32 Å². The lowest BCUT2D eigenvalue weighted by atomic mass is 10.2. The van der Waals surface area contributed by atoms with Crippen molar-refractivity contribution in [2.24, 2.45) is 0 Å². The Kier molecular flexibility index (Phi) is 3.71. The largest absolute Gasteiger partial charge is 0.506 e. The van der Waals surface area contributed by atoms with Gasteiger partial charge in [0, 0.05) is 11.8 Å². The van der Waals surface area contributed by atoms with Crippen LogP contribution in [0.15, 0.2) is 36.5 Å². The zero-order valence-corrected chi connectivity index (χ0v) is 12.2. The Bertz CT molecular complexity index is 831. The number of aromatic nitrogens is 2. The Morgan fingerprint density at radius 2 is 2.24 bits per heavy atom. The van der Waals surface area contributed by atoms with E-state index in [9.17, 15) is 5.11 Å². The number of thiazole rings is 1. The highest BCUT2D eigenvalue weighted by atomic mass is 32.1. The van der Waals surface area contributed by atoms with Gasteiger partial charge >= 0.3 is 0 Å². The molecule has 0 radical (unpaired) electrons. The number of rotatable bonds is 2. The lowest BCUT2D eigenvalue weighted by Gasteiger charge is -1.99. The second-order valence-corrected chi connectivity index (χ2v) is 5.68. The molecule has 0 atom stereocenters. The lowest BCUT2D eigenvalue weighted by molar-refractivity contribution is 0.480. The van der Waals surface area contributed by atoms with Crippen molar-refractivity contribution in [1.82, 2.24) is 9.97 Å². The monoisotopic (exact) mass is 295 g/mol. The number of phenolic OH excluding ortho intramolecular Hbond substituents is 1. The van der Waals surface area contributed by atoms with Gasteiger partial charge in [-0.3, -0.25) is 0 Å². The fourth-order valence-corrected chi connectivity index (χ4v) is 2.83. The van der Waals surface area contributed by atoms with E-state index in [0.717, 1.165) is 21.1 Å². The van der Waals surface area contributed by atoms with E-state index in [1.54, 1.807) is 23.6 Å². The predicted molar refractivity (Wildman–Crippen MR) is 85.6 cm³/mol. The highest BCUT2D eigenvalue weighted by molar-refractivity contribution is 7.18. The van der Waals surface area contributed by atoms with E-state index in [0.29, 0.717) is 12.1 Å². The summed E-state index contributed by atoms with van der Waals surface area (Å²) in [4.78, 5) is 8.45. The number of phenols is 1. The van der Waals surface area contributed by atoms with Gasteiger partial charge in [-0.25, -0.2) is 9.97 Å². The van der Waals surface area contributed by atoms with Crippen molar-refractivity contribution < 1.29 is 5.11 Å². The standard InChI is InChI=1S/C16H13N3OS/c1-11-19-16-13(20)9-12(10-14(16)21-11)5-4-8-18-15-6-2-3-7-17-15/h2-3,6-7,9-10,20H,8H2,1H3,(H,17,18). The van der Waals surface area contributed by atoms with Crippen molar-refractivity contribution in [2.75, 3.05) is 11.9 Å². The average Bonchev–Trinajstić information content (AvgIpc) is 2.86. The van der Waals surface area contributed by atoms with Gasteiger partial charge in [0.05, 0.1) is 16.3 Å². The number of nitrogens with one attached hydrogen (secondary N) is 1. The molecular formula is C16H13N3OS. The van der Waals surface area contributed by atoms with Gasteiger partial charge in [0.1, 0.15) is 17.1 Å². The average molecular weight is 295 g/mol. The van der Waals surface area contributed by atoms with E-state index >= 15 is 0 Å². The molecule has 2 N–H and O–H groups in total. The van der Waals surface area contributed by atoms with Crippen LogP contribution in [-0.2, 0) is 0 Å². The van der Waals surface area contributed by atoms with E-state index in [2.05, 4.69) is 27.1 Å². The number of anilines is 1. The first-order chi connectivity index (χ1) is 10.2. The molecule has 3 rings (SSSR count). The van der Waals surface area contributed by atoms with E-state index in [-0.39, 0.29) is 5.75 Å². The maximum atomic E-state index is 9.95. The smallest absolute Gasteiger partial charge is 0.143 e. The van der Waals surface area contributed by atoms with Crippen LogP contribution in [-0.4, -0.2) is 21.6 Å². The highest BCUT2D eigenvalue weighted by Gasteiger charge is 2.06. The summed E-state index contributed by atoms with van der Waals surface area (Å²) in [5.74, 6) is 7.03. The number of aryl methyl sites for hydroxylation is 1. The molecule has 0 aliphatic rings. The molecule has 0 unspecified atom stereocenters. The Balaban J connectivity index is 1.75. The van der Waals surface area contributed by atoms with E-state index in [4.69, 9.17) is 0 Å². The number of pyridine rings is 1. The van der Waals surface area contributed by atoms with Gasteiger partial charge in [0.15, 0.2) is 0 Å². The second kappa shape index (κ2) is 5.81. The normalized spacial score (nSPS) is 10.1. The number of hydrogen-bond acceptors (Lipinski definition) is 5. The van der Waals surface area contributed by atoms with E-state index in [1.807, 2.05) is 31.2 Å². The summed E-state index contributed by atoms with van der Waals surface area (Å²) in [6, 6.07) is 9.27. The Hall–Kier alpha value is -2.58. The maximum Gasteiger partial charge on any atom is 0.143 e. The van der Waals surface area contributed by atoms with Crippen LogP contribution in [0.3, 0.4) is 0 Å². The molecule has 104 valence electrons. The van der Waals surface area contributed by atoms with Gasteiger partial charge in [0.25, 0.3) is 0 Å². The first-order valence-corrected chi connectivity index (χ1v) is 7.28. The van der Waals surface area contributed by atoms with Crippen molar-refractivity contribution in [1.29, 1.82) is 0 Å². The molecule has 0 saturated carbocycles. The van der Waals surface area contributed by atoms with E-state index < -0.39 is 0 Å². The van der Waals surface area contributed by atoms with Gasteiger partial charge in [-0.05, 0) is 31.2 Å². The van der Waals surface area contributed by atoms with Gasteiger partial charge in [-0.1, -0.05) is 17.9 Å². The molecule has 0 aliphatic heterocycles. The molecule has 0 fully saturated rings. The third-order valence-electron chi connectivity index (χ3n) is 2.84. The minimum atomic E-state index is 0.179. The van der Waals surface area contributed by atoms with Crippen LogP contribution in [0.2, 0.25) is 0 Å². The number of hydrogen-bond donors (Lipinski definition) is 2. The summed E-state index contributed by atoms with van der Waals surface area (Å²) in [5, 5.41) is 14.0. The number of benzene rings is 1. The molecule has 0 spiro atoms. The molecule has 0 aliphatic carbocycles. The van der Waals surface area contributed by atoms with Crippen molar-refractivity contribution in [3.63, 3.8) is 0 Å². The van der Waals surface area contributed by atoms with Gasteiger partial charge < -0.3 is 10.4 Å². The molecule has 2 heterocycles. The van der Waals surface area contributed by atoms with Gasteiger partial charge in [-0.2, -0.15) is 0 Å². The molecule has 0 saturated heterocycles. The van der Waals surface area contributed by atoms with Gasteiger partial charge in [-0.15, -0.1) is 11.3 Å². The van der Waals surface area contributed by atoms with Crippen molar-refractivity contribution in [3.8, 4) is 17.6 Å². The molecule has 0 amide bonds. The molecule has 1 aromatic carbocycles. The number of aromatic hydroxyl groups is 1. The summed E-state index contributed by atoms with van der Waals surface area (Å²) < 4.78 is 0.953. The van der Waals surface area contributed by atoms with Crippen molar-refractivity contribution >= 4 is 27.4 Å². The van der Waals surface area contributed by atoms with E-state index in [1.165, 1.54) is 0 Å². The maximum absolute atomic E-state index is 9.95. The zero-order valence-electron chi connectivity index (χ0n) is 11.4.